The molecule has 2 heterocycles. The van der Waals surface area contributed by atoms with Crippen LogP contribution in [0.15, 0.2) is 59.4 Å². The van der Waals surface area contributed by atoms with Crippen LogP contribution >= 0.6 is 0 Å². The highest BCUT2D eigenvalue weighted by molar-refractivity contribution is 5.84. The number of H-pyrrole nitrogens is 1. The number of nitrogens with zero attached hydrogens (tertiary/aromatic N) is 2. The minimum Gasteiger partial charge on any atom is -0.496 e. The van der Waals surface area contributed by atoms with Gasteiger partial charge in [0.15, 0.2) is 5.65 Å². The van der Waals surface area contributed by atoms with Crippen molar-refractivity contribution in [3.8, 4) is 16.9 Å². The Morgan fingerprint density at radius 1 is 1.07 bits per heavy atom. The third kappa shape index (κ3) is 2.62. The normalized spacial score (nSPS) is 13.0. The number of aromatic nitrogens is 3. The summed E-state index contributed by atoms with van der Waals surface area (Å²) in [5.74, 6) is 0.771. The van der Waals surface area contributed by atoms with E-state index in [1.54, 1.807) is 11.6 Å². The monoisotopic (exact) mass is 371 g/mol. The molecule has 0 saturated heterocycles. The average molecular weight is 371 g/mol. The molecule has 0 radical (unpaired) electrons. The number of hydrogen-bond acceptors (Lipinski definition) is 3. The molecule has 0 atom stereocenters. The maximum Gasteiger partial charge on any atom is 0.276 e. The van der Waals surface area contributed by atoms with Crippen molar-refractivity contribution in [2.24, 2.45) is 0 Å². The van der Waals surface area contributed by atoms with E-state index in [-0.39, 0.29) is 5.56 Å². The third-order valence-corrected chi connectivity index (χ3v) is 5.47. The van der Waals surface area contributed by atoms with Crippen LogP contribution in [0.2, 0.25) is 0 Å². The Morgan fingerprint density at radius 2 is 1.86 bits per heavy atom. The number of rotatable bonds is 4. The van der Waals surface area contributed by atoms with Crippen molar-refractivity contribution in [2.75, 3.05) is 7.11 Å². The lowest BCUT2D eigenvalue weighted by atomic mass is 10.00. The smallest absolute Gasteiger partial charge is 0.276 e. The van der Waals surface area contributed by atoms with Crippen molar-refractivity contribution in [3.63, 3.8) is 0 Å². The van der Waals surface area contributed by atoms with Gasteiger partial charge in [-0.05, 0) is 30.9 Å². The Bertz CT molecular complexity index is 1220. The highest BCUT2D eigenvalue weighted by Gasteiger charge is 2.24. The molecule has 0 amide bonds. The molecule has 4 aromatic rings. The minimum absolute atomic E-state index is 0.0213. The van der Waals surface area contributed by atoms with Crippen molar-refractivity contribution < 1.29 is 4.74 Å². The van der Waals surface area contributed by atoms with Gasteiger partial charge >= 0.3 is 0 Å². The van der Waals surface area contributed by atoms with Crippen molar-refractivity contribution >= 4 is 5.65 Å². The zero-order valence-electron chi connectivity index (χ0n) is 15.7. The second-order valence-corrected chi connectivity index (χ2v) is 7.18. The van der Waals surface area contributed by atoms with Crippen LogP contribution in [-0.4, -0.2) is 21.7 Å². The molecule has 5 rings (SSSR count). The number of nitrogens with one attached hydrogen (secondary N) is 1. The number of hydrogen-bond donors (Lipinski definition) is 1. The van der Waals surface area contributed by atoms with Crippen LogP contribution < -0.4 is 10.3 Å². The van der Waals surface area contributed by atoms with Crippen molar-refractivity contribution in [1.82, 2.24) is 14.6 Å². The van der Waals surface area contributed by atoms with Crippen molar-refractivity contribution in [2.45, 2.75) is 25.7 Å². The SMILES string of the molecule is COc1ccccc1-c1c(Cc2ccccc2)[nH]n2c(=O)c3c(nc12)CCC3. The first-order valence-corrected chi connectivity index (χ1v) is 9.59. The zero-order chi connectivity index (χ0) is 19.1. The fraction of sp³-hybridized carbons (Fsp3) is 0.217. The molecule has 28 heavy (non-hydrogen) atoms. The molecular weight excluding hydrogens is 350 g/mol. The predicted molar refractivity (Wildman–Crippen MR) is 109 cm³/mol. The van der Waals surface area contributed by atoms with Crippen LogP contribution in [0.25, 0.3) is 16.8 Å². The number of benzene rings is 2. The lowest BCUT2D eigenvalue weighted by Gasteiger charge is -2.09. The minimum atomic E-state index is 0.0213. The summed E-state index contributed by atoms with van der Waals surface area (Å²) in [6, 6.07) is 18.1. The topological polar surface area (TPSA) is 59.4 Å². The van der Waals surface area contributed by atoms with E-state index in [2.05, 4.69) is 17.2 Å². The van der Waals surface area contributed by atoms with Crippen molar-refractivity contribution in [1.29, 1.82) is 0 Å². The summed E-state index contributed by atoms with van der Waals surface area (Å²) < 4.78 is 7.23. The van der Waals surface area contributed by atoms with Gasteiger partial charge in [-0.1, -0.05) is 48.5 Å². The molecule has 0 fully saturated rings. The van der Waals surface area contributed by atoms with Gasteiger partial charge in [-0.2, -0.15) is 0 Å². The van der Waals surface area contributed by atoms with Crippen LogP contribution in [0, 0.1) is 0 Å². The van der Waals surface area contributed by atoms with E-state index >= 15 is 0 Å². The molecule has 1 aliphatic carbocycles. The number of aryl methyl sites for hydroxylation is 1. The summed E-state index contributed by atoms with van der Waals surface area (Å²) in [4.78, 5) is 18.0. The van der Waals surface area contributed by atoms with Gasteiger partial charge in [0.1, 0.15) is 5.75 Å². The van der Waals surface area contributed by atoms with Crippen LogP contribution in [-0.2, 0) is 19.3 Å². The van der Waals surface area contributed by atoms with Crippen LogP contribution in [0.4, 0.5) is 0 Å². The van der Waals surface area contributed by atoms with Gasteiger partial charge in [-0.3, -0.25) is 9.89 Å². The summed E-state index contributed by atoms with van der Waals surface area (Å²) in [5.41, 5.74) is 6.50. The Kier molecular flexibility index (Phi) is 4.01. The Balaban J connectivity index is 1.81. The van der Waals surface area contributed by atoms with Crippen LogP contribution in [0.1, 0.15) is 28.9 Å². The van der Waals surface area contributed by atoms with Gasteiger partial charge in [-0.25, -0.2) is 9.50 Å². The molecule has 0 bridgehead atoms. The first-order valence-electron chi connectivity index (χ1n) is 9.59. The maximum atomic E-state index is 13.1. The summed E-state index contributed by atoms with van der Waals surface area (Å²) in [6.45, 7) is 0. The molecule has 5 heteroatoms. The first kappa shape index (κ1) is 16.8. The van der Waals surface area contributed by atoms with Crippen LogP contribution in [0.5, 0.6) is 5.75 Å². The van der Waals surface area contributed by atoms with Gasteiger partial charge in [-0.15, -0.1) is 0 Å². The zero-order valence-corrected chi connectivity index (χ0v) is 15.7. The van der Waals surface area contributed by atoms with Crippen molar-refractivity contribution in [3.05, 3.63) is 87.5 Å². The molecule has 0 spiro atoms. The van der Waals surface area contributed by atoms with E-state index in [9.17, 15) is 4.79 Å². The van der Waals surface area contributed by atoms with E-state index in [4.69, 9.17) is 9.72 Å². The number of fused-ring (bicyclic) bond motifs is 2. The molecule has 1 aliphatic rings. The predicted octanol–water partition coefficient (Wildman–Crippen LogP) is 3.78. The number of para-hydroxylation sites is 1. The summed E-state index contributed by atoms with van der Waals surface area (Å²) in [5, 5.41) is 3.35. The third-order valence-electron chi connectivity index (χ3n) is 5.47. The second kappa shape index (κ2) is 6.68. The standard InChI is InChI=1S/C23H21N3O2/c1-28-20-13-6-5-10-17(20)21-19(14-15-8-3-2-4-9-15)25-26-22(21)24-18-12-7-11-16(18)23(26)27/h2-6,8-10,13,25H,7,11-12,14H2,1H3. The van der Waals surface area contributed by atoms with E-state index in [1.165, 1.54) is 5.56 Å². The van der Waals surface area contributed by atoms with E-state index < -0.39 is 0 Å². The van der Waals surface area contributed by atoms with Gasteiger partial charge in [0.2, 0.25) is 0 Å². The van der Waals surface area contributed by atoms with Gasteiger partial charge < -0.3 is 4.74 Å². The number of aromatic amines is 1. The second-order valence-electron chi connectivity index (χ2n) is 7.18. The van der Waals surface area contributed by atoms with Gasteiger partial charge in [0.25, 0.3) is 5.56 Å². The van der Waals surface area contributed by atoms with Gasteiger partial charge in [0, 0.05) is 23.2 Å². The Labute approximate surface area is 162 Å². The largest absolute Gasteiger partial charge is 0.496 e. The number of methoxy groups -OCH3 is 1. The van der Waals surface area contributed by atoms with E-state index in [0.717, 1.165) is 53.1 Å². The molecule has 140 valence electrons. The highest BCUT2D eigenvalue weighted by Crippen LogP contribution is 2.36. The molecule has 0 saturated carbocycles. The fourth-order valence-electron chi connectivity index (χ4n) is 4.15. The maximum absolute atomic E-state index is 13.1. The average Bonchev–Trinajstić information content (AvgIpc) is 3.34. The fourth-order valence-corrected chi connectivity index (χ4v) is 4.15. The molecular formula is C23H21N3O2. The van der Waals surface area contributed by atoms with E-state index in [1.807, 2.05) is 42.5 Å². The molecule has 0 aliphatic heterocycles. The van der Waals surface area contributed by atoms with E-state index in [0.29, 0.717) is 12.1 Å². The van der Waals surface area contributed by atoms with Gasteiger partial charge in [0.05, 0.1) is 18.4 Å². The summed E-state index contributed by atoms with van der Waals surface area (Å²) >= 11 is 0. The first-order chi connectivity index (χ1) is 13.8. The Hall–Kier alpha value is -3.34. The molecule has 2 aromatic heterocycles. The lowest BCUT2D eigenvalue weighted by molar-refractivity contribution is 0.416. The molecule has 1 N–H and O–H groups in total. The summed E-state index contributed by atoms with van der Waals surface area (Å²) in [6.07, 6.45) is 3.35. The van der Waals surface area contributed by atoms with Crippen LogP contribution in [0.3, 0.4) is 0 Å². The quantitative estimate of drug-likeness (QED) is 0.594. The molecule has 0 unspecified atom stereocenters. The Morgan fingerprint density at radius 3 is 2.68 bits per heavy atom. The highest BCUT2D eigenvalue weighted by atomic mass is 16.5. The number of ether oxygens (including phenoxy) is 1. The lowest BCUT2D eigenvalue weighted by Crippen LogP contribution is -2.20. The molecule has 2 aromatic carbocycles. The summed E-state index contributed by atoms with van der Waals surface area (Å²) in [7, 11) is 1.67. The molecule has 5 nitrogen and oxygen atoms in total.